The van der Waals surface area contributed by atoms with E-state index in [1.54, 1.807) is 16.7 Å². The van der Waals surface area contributed by atoms with Crippen molar-refractivity contribution in [2.45, 2.75) is 13.5 Å². The molecule has 34 heavy (non-hydrogen) atoms. The molecule has 0 bridgehead atoms. The highest BCUT2D eigenvalue weighted by atomic mass is 19.3. The van der Waals surface area contributed by atoms with Crippen LogP contribution in [0, 0.1) is 17.0 Å². The van der Waals surface area contributed by atoms with Crippen molar-refractivity contribution in [3.63, 3.8) is 0 Å². The molecular formula is C24H18F2N4O4. The molecule has 0 fully saturated rings. The average molecular weight is 464 g/mol. The lowest BCUT2D eigenvalue weighted by atomic mass is 10.0. The van der Waals surface area contributed by atoms with Crippen LogP contribution in [0.4, 0.5) is 20.2 Å². The third-order valence-electron chi connectivity index (χ3n) is 5.05. The quantitative estimate of drug-likeness (QED) is 0.162. The number of benzene rings is 2. The Morgan fingerprint density at radius 3 is 2.62 bits per heavy atom. The minimum atomic E-state index is -2.92. The van der Waals surface area contributed by atoms with Gasteiger partial charge in [-0.15, -0.1) is 0 Å². The van der Waals surface area contributed by atoms with Gasteiger partial charge in [-0.25, -0.2) is 0 Å². The molecule has 0 atom stereocenters. The SMILES string of the molecule is Cc1cc2ccccn2c1C(=O)c1ccc(N/N=C\c2ccc(OC(F)F)cc2)c([N+](=O)[O-])c1. The number of nitrogens with zero attached hydrogens (tertiary/aromatic N) is 3. The number of nitrogens with one attached hydrogen (secondary N) is 1. The predicted octanol–water partition coefficient (Wildman–Crippen LogP) is 5.43. The number of carbonyl (C=O) groups is 1. The number of nitro groups is 1. The maximum Gasteiger partial charge on any atom is 0.387 e. The molecule has 0 amide bonds. The maximum atomic E-state index is 13.2. The highest BCUT2D eigenvalue weighted by Crippen LogP contribution is 2.28. The Hall–Kier alpha value is -4.60. The van der Waals surface area contributed by atoms with Gasteiger partial charge in [-0.05, 0) is 72.6 Å². The van der Waals surface area contributed by atoms with Crippen molar-refractivity contribution in [3.8, 4) is 5.75 Å². The highest BCUT2D eigenvalue weighted by molar-refractivity contribution is 6.10. The smallest absolute Gasteiger partial charge is 0.387 e. The molecule has 0 unspecified atom stereocenters. The van der Waals surface area contributed by atoms with Gasteiger partial charge in [-0.3, -0.25) is 20.3 Å². The van der Waals surface area contributed by atoms with Gasteiger partial charge in [0.15, 0.2) is 0 Å². The summed E-state index contributed by atoms with van der Waals surface area (Å²) in [5, 5.41) is 15.6. The monoisotopic (exact) mass is 464 g/mol. The number of hydrogen-bond donors (Lipinski definition) is 1. The second kappa shape index (κ2) is 9.49. The minimum Gasteiger partial charge on any atom is -0.435 e. The summed E-state index contributed by atoms with van der Waals surface area (Å²) in [5.41, 5.74) is 5.13. The number of ether oxygens (including phenoxy) is 1. The summed E-state index contributed by atoms with van der Waals surface area (Å²) in [7, 11) is 0. The predicted molar refractivity (Wildman–Crippen MR) is 123 cm³/mol. The molecule has 4 rings (SSSR count). The van der Waals surface area contributed by atoms with Gasteiger partial charge in [0, 0.05) is 23.3 Å². The number of fused-ring (bicyclic) bond motifs is 1. The molecular weight excluding hydrogens is 446 g/mol. The number of carbonyl (C=O) groups excluding carboxylic acids is 1. The number of rotatable bonds is 8. The normalized spacial score (nSPS) is 11.3. The van der Waals surface area contributed by atoms with E-state index in [1.807, 2.05) is 25.1 Å². The van der Waals surface area contributed by atoms with Crippen molar-refractivity contribution >= 4 is 28.9 Å². The van der Waals surface area contributed by atoms with E-state index < -0.39 is 11.5 Å². The van der Waals surface area contributed by atoms with E-state index in [2.05, 4.69) is 15.3 Å². The first-order chi connectivity index (χ1) is 16.3. The van der Waals surface area contributed by atoms with Gasteiger partial charge < -0.3 is 9.14 Å². The van der Waals surface area contributed by atoms with E-state index in [-0.39, 0.29) is 28.5 Å². The number of halogens is 2. The van der Waals surface area contributed by atoms with Gasteiger partial charge >= 0.3 is 6.61 Å². The van der Waals surface area contributed by atoms with Gasteiger partial charge in [0.1, 0.15) is 11.4 Å². The summed E-state index contributed by atoms with van der Waals surface area (Å²) < 4.78 is 30.5. The number of anilines is 1. The van der Waals surface area contributed by atoms with E-state index in [4.69, 9.17) is 0 Å². The third-order valence-corrected chi connectivity index (χ3v) is 5.05. The van der Waals surface area contributed by atoms with Crippen molar-refractivity contribution in [2.24, 2.45) is 5.10 Å². The van der Waals surface area contributed by atoms with E-state index >= 15 is 0 Å². The van der Waals surface area contributed by atoms with Crippen LogP contribution in [-0.4, -0.2) is 27.9 Å². The molecule has 0 saturated carbocycles. The van der Waals surface area contributed by atoms with Crippen molar-refractivity contribution in [1.82, 2.24) is 4.40 Å². The first-order valence-corrected chi connectivity index (χ1v) is 10.1. The molecule has 0 radical (unpaired) electrons. The minimum absolute atomic E-state index is 0.00186. The van der Waals surface area contributed by atoms with Crippen LogP contribution in [0.1, 0.15) is 27.2 Å². The van der Waals surface area contributed by atoms with Gasteiger partial charge in [-0.2, -0.15) is 13.9 Å². The standard InChI is InChI=1S/C24H18F2N4O4/c1-15-12-18-4-2-3-11-29(18)22(15)23(31)17-7-10-20(21(13-17)30(32)33)28-27-14-16-5-8-19(9-6-16)34-24(25)26/h2-14,24,28H,1H3/b27-14-. The third kappa shape index (κ3) is 4.75. The lowest BCUT2D eigenvalue weighted by Gasteiger charge is -2.07. The van der Waals surface area contributed by atoms with Gasteiger partial charge in [0.2, 0.25) is 5.78 Å². The number of ketones is 1. The van der Waals surface area contributed by atoms with Crippen LogP contribution in [0.2, 0.25) is 0 Å². The van der Waals surface area contributed by atoms with Crippen LogP contribution < -0.4 is 10.2 Å². The Kier molecular flexibility index (Phi) is 6.30. The molecule has 2 heterocycles. The molecule has 172 valence electrons. The summed E-state index contributed by atoms with van der Waals surface area (Å²) in [6.45, 7) is -1.11. The number of nitro benzene ring substituents is 1. The van der Waals surface area contributed by atoms with Crippen molar-refractivity contribution in [1.29, 1.82) is 0 Å². The van der Waals surface area contributed by atoms with Crippen LogP contribution in [0.15, 0.2) is 78.0 Å². The largest absolute Gasteiger partial charge is 0.435 e. The summed E-state index contributed by atoms with van der Waals surface area (Å²) >= 11 is 0. The van der Waals surface area contributed by atoms with Gasteiger partial charge in [-0.1, -0.05) is 6.07 Å². The lowest BCUT2D eigenvalue weighted by Crippen LogP contribution is -2.08. The first kappa shape index (κ1) is 22.6. The van der Waals surface area contributed by atoms with Crippen molar-refractivity contribution < 1.29 is 23.2 Å². The number of hydrazone groups is 1. The summed E-state index contributed by atoms with van der Waals surface area (Å²) in [4.78, 5) is 24.2. The topological polar surface area (TPSA) is 98.2 Å². The van der Waals surface area contributed by atoms with Crippen molar-refractivity contribution in [3.05, 3.63) is 105 Å². The zero-order chi connectivity index (χ0) is 24.2. The average Bonchev–Trinajstić information content (AvgIpc) is 3.15. The number of aryl methyl sites for hydroxylation is 1. The van der Waals surface area contributed by atoms with E-state index in [9.17, 15) is 23.7 Å². The van der Waals surface area contributed by atoms with Crippen LogP contribution >= 0.6 is 0 Å². The Morgan fingerprint density at radius 2 is 1.91 bits per heavy atom. The second-order valence-corrected chi connectivity index (χ2v) is 7.31. The van der Waals surface area contributed by atoms with Crippen molar-refractivity contribution in [2.75, 3.05) is 5.43 Å². The molecule has 1 N–H and O–H groups in total. The second-order valence-electron chi connectivity index (χ2n) is 7.31. The Morgan fingerprint density at radius 1 is 1.15 bits per heavy atom. The zero-order valence-corrected chi connectivity index (χ0v) is 17.8. The molecule has 0 aliphatic rings. The highest BCUT2D eigenvalue weighted by Gasteiger charge is 2.21. The molecule has 0 spiro atoms. The molecule has 2 aromatic heterocycles. The Balaban J connectivity index is 1.56. The lowest BCUT2D eigenvalue weighted by molar-refractivity contribution is -0.384. The van der Waals surface area contributed by atoms with Gasteiger partial charge in [0.25, 0.3) is 5.69 Å². The number of alkyl halides is 2. The summed E-state index contributed by atoms with van der Waals surface area (Å²) in [6.07, 6.45) is 3.13. The molecule has 0 aliphatic carbocycles. The van der Waals surface area contributed by atoms with E-state index in [0.29, 0.717) is 11.3 Å². The fraction of sp³-hybridized carbons (Fsp3) is 0.0833. The molecule has 0 aliphatic heterocycles. The zero-order valence-electron chi connectivity index (χ0n) is 17.8. The fourth-order valence-electron chi connectivity index (χ4n) is 3.51. The molecule has 8 nitrogen and oxygen atoms in total. The molecule has 10 heteroatoms. The molecule has 2 aromatic carbocycles. The van der Waals surface area contributed by atoms with E-state index in [1.165, 1.54) is 48.7 Å². The van der Waals surface area contributed by atoms with Crippen LogP contribution in [0.3, 0.4) is 0 Å². The Bertz CT molecular complexity index is 1400. The fourth-order valence-corrected chi connectivity index (χ4v) is 3.51. The number of aromatic nitrogens is 1. The number of pyridine rings is 1. The first-order valence-electron chi connectivity index (χ1n) is 10.1. The van der Waals surface area contributed by atoms with Crippen LogP contribution in [0.25, 0.3) is 5.52 Å². The molecule has 4 aromatic rings. The summed E-state index contributed by atoms with van der Waals surface area (Å²) in [5.74, 6) is -0.338. The number of hydrogen-bond acceptors (Lipinski definition) is 6. The maximum absolute atomic E-state index is 13.2. The Labute approximate surface area is 192 Å². The van der Waals surface area contributed by atoms with Crippen LogP contribution in [0.5, 0.6) is 5.75 Å². The van der Waals surface area contributed by atoms with E-state index in [0.717, 1.165) is 11.1 Å². The summed E-state index contributed by atoms with van der Waals surface area (Å²) in [6, 6.07) is 17.2. The molecule has 0 saturated heterocycles. The van der Waals surface area contributed by atoms with Gasteiger partial charge in [0.05, 0.1) is 16.8 Å². The van der Waals surface area contributed by atoms with Crippen LogP contribution in [-0.2, 0) is 0 Å².